The Labute approximate surface area is 76.4 Å². The standard InChI is InChI=1S/C12H20/c1-4-5-8-12-9-6-7-10(2)11(12)3/h5,8,10H,4,6-7,9H2,1-3H3/b8-5-/t10-/m1/s1. The molecule has 0 amide bonds. The Kier molecular flexibility index (Phi) is 3.58. The molecule has 1 rings (SSSR count). The molecule has 0 heterocycles. The minimum Gasteiger partial charge on any atom is -0.0845 e. The molecule has 0 N–H and O–H groups in total. The second kappa shape index (κ2) is 4.49. The molecule has 0 heteroatoms. The second-order valence-electron chi connectivity index (χ2n) is 3.81. The topological polar surface area (TPSA) is 0 Å². The van der Waals surface area contributed by atoms with Gasteiger partial charge in [-0.2, -0.15) is 0 Å². The van der Waals surface area contributed by atoms with Gasteiger partial charge >= 0.3 is 0 Å². The third kappa shape index (κ3) is 2.23. The van der Waals surface area contributed by atoms with E-state index >= 15 is 0 Å². The lowest BCUT2D eigenvalue weighted by molar-refractivity contribution is 0.541. The van der Waals surface area contributed by atoms with Crippen molar-refractivity contribution in [3.05, 3.63) is 23.3 Å². The smallest absolute Gasteiger partial charge is 0.0228 e. The van der Waals surface area contributed by atoms with Crippen molar-refractivity contribution in [2.45, 2.75) is 46.5 Å². The summed E-state index contributed by atoms with van der Waals surface area (Å²) in [5.41, 5.74) is 3.21. The van der Waals surface area contributed by atoms with E-state index < -0.39 is 0 Å². The van der Waals surface area contributed by atoms with Gasteiger partial charge in [0.15, 0.2) is 0 Å². The highest BCUT2D eigenvalue weighted by atomic mass is 14.2. The Balaban J connectivity index is 2.71. The van der Waals surface area contributed by atoms with Gasteiger partial charge in [0.05, 0.1) is 0 Å². The SMILES string of the molecule is CC/C=C\C1=C(C)[C@H](C)CCC1. The molecule has 0 fully saturated rings. The van der Waals surface area contributed by atoms with Crippen LogP contribution < -0.4 is 0 Å². The van der Waals surface area contributed by atoms with Crippen molar-refractivity contribution in [2.75, 3.05) is 0 Å². The van der Waals surface area contributed by atoms with Crippen molar-refractivity contribution in [1.29, 1.82) is 0 Å². The van der Waals surface area contributed by atoms with Crippen LogP contribution >= 0.6 is 0 Å². The third-order valence-electron chi connectivity index (χ3n) is 2.88. The summed E-state index contributed by atoms with van der Waals surface area (Å²) in [5.74, 6) is 0.815. The second-order valence-corrected chi connectivity index (χ2v) is 3.81. The molecule has 0 saturated heterocycles. The summed E-state index contributed by atoms with van der Waals surface area (Å²) >= 11 is 0. The Morgan fingerprint density at radius 1 is 1.50 bits per heavy atom. The minimum atomic E-state index is 0.815. The lowest BCUT2D eigenvalue weighted by Gasteiger charge is -2.21. The summed E-state index contributed by atoms with van der Waals surface area (Å²) in [6, 6.07) is 0. The van der Waals surface area contributed by atoms with Gasteiger partial charge in [0.2, 0.25) is 0 Å². The molecule has 0 radical (unpaired) electrons. The van der Waals surface area contributed by atoms with Crippen LogP contribution in [0.25, 0.3) is 0 Å². The molecule has 0 spiro atoms. The van der Waals surface area contributed by atoms with Crippen LogP contribution in [0.5, 0.6) is 0 Å². The van der Waals surface area contributed by atoms with E-state index in [1.54, 1.807) is 11.1 Å². The molecule has 1 aliphatic rings. The van der Waals surface area contributed by atoms with E-state index in [1.165, 1.54) is 19.3 Å². The fourth-order valence-electron chi connectivity index (χ4n) is 1.80. The molecule has 0 aromatic rings. The normalized spacial score (nSPS) is 25.4. The van der Waals surface area contributed by atoms with Crippen molar-refractivity contribution in [2.24, 2.45) is 5.92 Å². The molecule has 0 saturated carbocycles. The summed E-state index contributed by atoms with van der Waals surface area (Å²) in [5, 5.41) is 0. The monoisotopic (exact) mass is 164 g/mol. The zero-order valence-corrected chi connectivity index (χ0v) is 8.56. The average Bonchev–Trinajstić information content (AvgIpc) is 2.08. The van der Waals surface area contributed by atoms with Crippen molar-refractivity contribution in [1.82, 2.24) is 0 Å². The van der Waals surface area contributed by atoms with Crippen LogP contribution in [0, 0.1) is 5.92 Å². The lowest BCUT2D eigenvalue weighted by atomic mass is 9.84. The molecule has 0 aromatic heterocycles. The molecular weight excluding hydrogens is 144 g/mol. The first kappa shape index (κ1) is 9.57. The molecular formula is C12H20. The van der Waals surface area contributed by atoms with Gasteiger partial charge in [-0.25, -0.2) is 0 Å². The summed E-state index contributed by atoms with van der Waals surface area (Å²) in [4.78, 5) is 0. The van der Waals surface area contributed by atoms with Crippen LogP contribution in [0.4, 0.5) is 0 Å². The fourth-order valence-corrected chi connectivity index (χ4v) is 1.80. The third-order valence-corrected chi connectivity index (χ3v) is 2.88. The predicted octanol–water partition coefficient (Wildman–Crippen LogP) is 4.09. The number of allylic oxidation sites excluding steroid dienone is 4. The predicted molar refractivity (Wildman–Crippen MR) is 55.1 cm³/mol. The van der Waals surface area contributed by atoms with Crippen molar-refractivity contribution >= 4 is 0 Å². The van der Waals surface area contributed by atoms with Gasteiger partial charge in [0.1, 0.15) is 0 Å². The van der Waals surface area contributed by atoms with Gasteiger partial charge < -0.3 is 0 Å². The summed E-state index contributed by atoms with van der Waals surface area (Å²) < 4.78 is 0. The van der Waals surface area contributed by atoms with Crippen LogP contribution in [0.15, 0.2) is 23.3 Å². The van der Waals surface area contributed by atoms with Crippen LogP contribution in [0.3, 0.4) is 0 Å². The molecule has 1 aliphatic carbocycles. The van der Waals surface area contributed by atoms with Gasteiger partial charge in [0.25, 0.3) is 0 Å². The van der Waals surface area contributed by atoms with E-state index in [1.807, 2.05) is 0 Å². The van der Waals surface area contributed by atoms with Gasteiger partial charge in [-0.05, 0) is 44.1 Å². The van der Waals surface area contributed by atoms with E-state index in [0.29, 0.717) is 0 Å². The van der Waals surface area contributed by atoms with Crippen molar-refractivity contribution < 1.29 is 0 Å². The Bertz CT molecular complexity index is 196. The zero-order valence-electron chi connectivity index (χ0n) is 8.56. The first-order chi connectivity index (χ1) is 5.75. The van der Waals surface area contributed by atoms with E-state index in [4.69, 9.17) is 0 Å². The Morgan fingerprint density at radius 2 is 2.25 bits per heavy atom. The van der Waals surface area contributed by atoms with Crippen molar-refractivity contribution in [3.63, 3.8) is 0 Å². The van der Waals surface area contributed by atoms with Crippen LogP contribution in [-0.4, -0.2) is 0 Å². The first-order valence-corrected chi connectivity index (χ1v) is 5.12. The Hall–Kier alpha value is -0.520. The molecule has 0 nitrogen and oxygen atoms in total. The highest BCUT2D eigenvalue weighted by Crippen LogP contribution is 2.29. The minimum absolute atomic E-state index is 0.815. The Morgan fingerprint density at radius 3 is 2.92 bits per heavy atom. The summed E-state index contributed by atoms with van der Waals surface area (Å²) in [7, 11) is 0. The molecule has 0 aromatic carbocycles. The van der Waals surface area contributed by atoms with E-state index in [9.17, 15) is 0 Å². The molecule has 68 valence electrons. The van der Waals surface area contributed by atoms with E-state index in [0.717, 1.165) is 12.3 Å². The molecule has 0 unspecified atom stereocenters. The fraction of sp³-hybridized carbons (Fsp3) is 0.667. The van der Waals surface area contributed by atoms with Crippen LogP contribution in [0.2, 0.25) is 0 Å². The zero-order chi connectivity index (χ0) is 8.97. The summed E-state index contributed by atoms with van der Waals surface area (Å²) in [6.45, 7) is 6.83. The highest BCUT2D eigenvalue weighted by molar-refractivity contribution is 5.27. The highest BCUT2D eigenvalue weighted by Gasteiger charge is 2.13. The van der Waals surface area contributed by atoms with Gasteiger partial charge in [0, 0.05) is 0 Å². The largest absolute Gasteiger partial charge is 0.0845 e. The lowest BCUT2D eigenvalue weighted by Crippen LogP contribution is -2.05. The van der Waals surface area contributed by atoms with E-state index in [2.05, 4.69) is 32.9 Å². The number of hydrogen-bond acceptors (Lipinski definition) is 0. The van der Waals surface area contributed by atoms with Crippen molar-refractivity contribution in [3.8, 4) is 0 Å². The number of rotatable bonds is 2. The first-order valence-electron chi connectivity index (χ1n) is 5.12. The maximum atomic E-state index is 2.34. The molecule has 12 heavy (non-hydrogen) atoms. The number of hydrogen-bond donors (Lipinski definition) is 0. The van der Waals surface area contributed by atoms with Crippen LogP contribution in [-0.2, 0) is 0 Å². The molecule has 0 aliphatic heterocycles. The molecule has 0 bridgehead atoms. The average molecular weight is 164 g/mol. The van der Waals surface area contributed by atoms with E-state index in [-0.39, 0.29) is 0 Å². The maximum absolute atomic E-state index is 2.34. The van der Waals surface area contributed by atoms with Crippen LogP contribution in [0.1, 0.15) is 46.5 Å². The molecule has 1 atom stereocenters. The van der Waals surface area contributed by atoms with Gasteiger partial charge in [-0.3, -0.25) is 0 Å². The quantitative estimate of drug-likeness (QED) is 0.576. The summed E-state index contributed by atoms with van der Waals surface area (Å²) in [6.07, 6.45) is 9.82. The maximum Gasteiger partial charge on any atom is -0.0228 e. The van der Waals surface area contributed by atoms with Gasteiger partial charge in [-0.15, -0.1) is 0 Å². The van der Waals surface area contributed by atoms with Gasteiger partial charge in [-0.1, -0.05) is 31.6 Å².